The highest BCUT2D eigenvalue weighted by Gasteiger charge is 2.11. The first kappa shape index (κ1) is 21.6. The molecule has 1 amide bonds. The lowest BCUT2D eigenvalue weighted by Gasteiger charge is -2.08. The third-order valence-electron chi connectivity index (χ3n) is 5.02. The van der Waals surface area contributed by atoms with Crippen molar-refractivity contribution in [3.63, 3.8) is 0 Å². The number of carbonyl (C=O) groups excluding carboxylic acids is 1. The van der Waals surface area contributed by atoms with Crippen molar-refractivity contribution < 1.29 is 9.53 Å². The molecule has 0 saturated carbocycles. The van der Waals surface area contributed by atoms with Crippen molar-refractivity contribution in [2.75, 3.05) is 6.61 Å². The van der Waals surface area contributed by atoms with E-state index in [0.717, 1.165) is 16.9 Å². The number of aryl methyl sites for hydroxylation is 1. The molecule has 4 rings (SSSR count). The van der Waals surface area contributed by atoms with E-state index in [1.54, 1.807) is 29.0 Å². The molecule has 0 spiro atoms. The highest BCUT2D eigenvalue weighted by molar-refractivity contribution is 6.30. The molecule has 2 heterocycles. The smallest absolute Gasteiger partial charge is 0.276 e. The average Bonchev–Trinajstić information content (AvgIpc) is 3.23. The van der Waals surface area contributed by atoms with Gasteiger partial charge in [0.1, 0.15) is 11.3 Å². The van der Waals surface area contributed by atoms with Crippen molar-refractivity contribution >= 4 is 23.0 Å². The van der Waals surface area contributed by atoms with Gasteiger partial charge in [-0.2, -0.15) is 5.10 Å². The number of rotatable bonds is 8. The molecule has 0 fully saturated rings. The summed E-state index contributed by atoms with van der Waals surface area (Å²) >= 11 is 5.96. The summed E-state index contributed by atoms with van der Waals surface area (Å²) in [6, 6.07) is 16.7. The van der Waals surface area contributed by atoms with E-state index in [9.17, 15) is 9.59 Å². The topological polar surface area (TPSA) is 77.6 Å². The molecule has 2 aromatic carbocycles. The third-order valence-corrected chi connectivity index (χ3v) is 5.26. The number of carbonyl (C=O) groups is 1. The number of nitrogens with one attached hydrogen (secondary N) is 1. The Morgan fingerprint density at radius 3 is 2.69 bits per heavy atom. The molecule has 0 radical (unpaired) electrons. The van der Waals surface area contributed by atoms with E-state index >= 15 is 0 Å². The molecule has 4 aromatic rings. The predicted octanol–water partition coefficient (Wildman–Crippen LogP) is 3.92. The molecular formula is C24H23ClN4O3. The summed E-state index contributed by atoms with van der Waals surface area (Å²) in [7, 11) is 0. The van der Waals surface area contributed by atoms with Crippen molar-refractivity contribution in [1.29, 1.82) is 0 Å². The fraction of sp³-hybridized carbons (Fsp3) is 0.208. The average molecular weight is 451 g/mol. The number of nitrogens with zero attached hydrogens (tertiary/aromatic N) is 3. The fourth-order valence-electron chi connectivity index (χ4n) is 3.39. The summed E-state index contributed by atoms with van der Waals surface area (Å²) in [6.07, 6.45) is 3.56. The van der Waals surface area contributed by atoms with E-state index in [-0.39, 0.29) is 24.4 Å². The van der Waals surface area contributed by atoms with Gasteiger partial charge in [0.05, 0.1) is 12.3 Å². The summed E-state index contributed by atoms with van der Waals surface area (Å²) in [5.41, 5.74) is 2.77. The summed E-state index contributed by atoms with van der Waals surface area (Å²) in [4.78, 5) is 25.1. The van der Waals surface area contributed by atoms with Crippen molar-refractivity contribution in [3.8, 4) is 17.0 Å². The Labute approximate surface area is 190 Å². The lowest BCUT2D eigenvalue weighted by molar-refractivity contribution is -0.121. The Bertz CT molecular complexity index is 1290. The molecule has 0 aliphatic rings. The van der Waals surface area contributed by atoms with Gasteiger partial charge in [0.15, 0.2) is 0 Å². The van der Waals surface area contributed by atoms with Gasteiger partial charge in [-0.3, -0.25) is 9.59 Å². The molecule has 8 heteroatoms. The summed E-state index contributed by atoms with van der Waals surface area (Å²) < 4.78 is 8.55. The summed E-state index contributed by atoms with van der Waals surface area (Å²) in [5, 5.41) is 7.98. The highest BCUT2D eigenvalue weighted by Crippen LogP contribution is 2.22. The van der Waals surface area contributed by atoms with Crippen molar-refractivity contribution in [2.24, 2.45) is 0 Å². The molecule has 7 nitrogen and oxygen atoms in total. The maximum atomic E-state index is 12.9. The Hall–Kier alpha value is -3.58. The number of hydrogen-bond acceptors (Lipinski definition) is 4. The van der Waals surface area contributed by atoms with Gasteiger partial charge >= 0.3 is 0 Å². The highest BCUT2D eigenvalue weighted by atomic mass is 35.5. The second kappa shape index (κ2) is 9.70. The Balaban J connectivity index is 1.43. The monoisotopic (exact) mass is 450 g/mol. The van der Waals surface area contributed by atoms with Crippen LogP contribution in [0.5, 0.6) is 5.75 Å². The van der Waals surface area contributed by atoms with Gasteiger partial charge in [0.2, 0.25) is 5.91 Å². The molecule has 1 N–H and O–H groups in total. The molecule has 0 aliphatic heterocycles. The number of fused-ring (bicyclic) bond motifs is 1. The molecular weight excluding hydrogens is 428 g/mol. The lowest BCUT2D eigenvalue weighted by atomic mass is 10.1. The normalized spacial score (nSPS) is 10.9. The minimum atomic E-state index is -0.195. The third kappa shape index (κ3) is 5.00. The molecule has 0 unspecified atom stereocenters. The standard InChI is InChI=1S/C24H23ClN4O3/c1-2-32-20-8-6-18(7-9-20)21-15-22-24(31)28(12-13-29(22)27-21)11-10-23(30)26-16-17-4-3-5-19(25)14-17/h3-9,12-15H,2,10-11,16H2,1H3,(H,26,30). The maximum absolute atomic E-state index is 12.9. The van der Waals surface area contributed by atoms with E-state index in [1.807, 2.05) is 49.4 Å². The second-order valence-electron chi connectivity index (χ2n) is 7.27. The summed E-state index contributed by atoms with van der Waals surface area (Å²) in [5.74, 6) is 0.649. The van der Waals surface area contributed by atoms with Gasteiger partial charge in [-0.15, -0.1) is 0 Å². The van der Waals surface area contributed by atoms with Crippen LogP contribution < -0.4 is 15.6 Å². The number of benzene rings is 2. The van der Waals surface area contributed by atoms with E-state index in [2.05, 4.69) is 10.4 Å². The quantitative estimate of drug-likeness (QED) is 0.441. The predicted molar refractivity (Wildman–Crippen MR) is 124 cm³/mol. The first-order valence-corrected chi connectivity index (χ1v) is 10.7. The van der Waals surface area contributed by atoms with E-state index < -0.39 is 0 Å². The van der Waals surface area contributed by atoms with E-state index in [4.69, 9.17) is 16.3 Å². The van der Waals surface area contributed by atoms with E-state index in [1.165, 1.54) is 4.57 Å². The number of ether oxygens (including phenoxy) is 1. The zero-order chi connectivity index (χ0) is 22.5. The zero-order valence-electron chi connectivity index (χ0n) is 17.6. The molecule has 2 aromatic heterocycles. The fourth-order valence-corrected chi connectivity index (χ4v) is 3.60. The Morgan fingerprint density at radius 2 is 1.94 bits per heavy atom. The second-order valence-corrected chi connectivity index (χ2v) is 7.71. The van der Waals surface area contributed by atoms with Gasteiger partial charge < -0.3 is 14.6 Å². The van der Waals surface area contributed by atoms with Crippen LogP contribution in [0.3, 0.4) is 0 Å². The van der Waals surface area contributed by atoms with Gasteiger partial charge in [-0.05, 0) is 55.0 Å². The molecule has 0 saturated heterocycles. The van der Waals surface area contributed by atoms with Crippen molar-refractivity contribution in [1.82, 2.24) is 19.5 Å². The first-order chi connectivity index (χ1) is 15.5. The van der Waals surface area contributed by atoms with Crippen LogP contribution in [-0.4, -0.2) is 26.7 Å². The number of hydrogen-bond donors (Lipinski definition) is 1. The number of amides is 1. The van der Waals surface area contributed by atoms with Gasteiger partial charge in [0.25, 0.3) is 5.56 Å². The number of halogens is 1. The van der Waals surface area contributed by atoms with Crippen LogP contribution in [0.25, 0.3) is 16.8 Å². The minimum Gasteiger partial charge on any atom is -0.494 e. The van der Waals surface area contributed by atoms with Crippen LogP contribution in [0.15, 0.2) is 71.8 Å². The number of aromatic nitrogens is 3. The van der Waals surface area contributed by atoms with Gasteiger partial charge in [0, 0.05) is 42.5 Å². The Kier molecular flexibility index (Phi) is 6.56. The van der Waals surface area contributed by atoms with Gasteiger partial charge in [-0.25, -0.2) is 4.52 Å². The maximum Gasteiger partial charge on any atom is 0.276 e. The molecule has 164 valence electrons. The SMILES string of the molecule is CCOc1ccc(-c2cc3c(=O)n(CCC(=O)NCc4cccc(Cl)c4)ccn3n2)cc1. The van der Waals surface area contributed by atoms with Crippen LogP contribution in [0.2, 0.25) is 5.02 Å². The lowest BCUT2D eigenvalue weighted by Crippen LogP contribution is -2.27. The molecule has 0 aliphatic carbocycles. The van der Waals surface area contributed by atoms with Crippen LogP contribution in [0.4, 0.5) is 0 Å². The molecule has 0 atom stereocenters. The van der Waals surface area contributed by atoms with Gasteiger partial charge in [-0.1, -0.05) is 23.7 Å². The zero-order valence-corrected chi connectivity index (χ0v) is 18.4. The van der Waals surface area contributed by atoms with E-state index in [0.29, 0.717) is 29.4 Å². The van der Waals surface area contributed by atoms with Crippen molar-refractivity contribution in [3.05, 3.63) is 87.9 Å². The van der Waals surface area contributed by atoms with Crippen LogP contribution in [-0.2, 0) is 17.9 Å². The first-order valence-electron chi connectivity index (χ1n) is 10.4. The molecule has 0 bridgehead atoms. The van der Waals surface area contributed by atoms with Crippen LogP contribution in [0.1, 0.15) is 18.9 Å². The molecule has 32 heavy (non-hydrogen) atoms. The summed E-state index contributed by atoms with van der Waals surface area (Å²) in [6.45, 7) is 3.21. The minimum absolute atomic E-state index is 0.139. The largest absolute Gasteiger partial charge is 0.494 e. The van der Waals surface area contributed by atoms with Crippen molar-refractivity contribution in [2.45, 2.75) is 26.4 Å². The van der Waals surface area contributed by atoms with Crippen LogP contribution >= 0.6 is 11.6 Å². The Morgan fingerprint density at radius 1 is 1.12 bits per heavy atom. The van der Waals surface area contributed by atoms with Crippen LogP contribution in [0, 0.1) is 0 Å².